The minimum absolute atomic E-state index is 0.0917. The van der Waals surface area contributed by atoms with Crippen molar-refractivity contribution in [3.8, 4) is 5.75 Å². The molecule has 0 aliphatic heterocycles. The number of hydrogen-bond donors (Lipinski definition) is 2. The van der Waals surface area contributed by atoms with E-state index in [0.717, 1.165) is 5.56 Å². The molecule has 0 fully saturated rings. The molecule has 78 valence electrons. The summed E-state index contributed by atoms with van der Waals surface area (Å²) in [6.45, 7) is 1.74. The Morgan fingerprint density at radius 3 is 2.79 bits per heavy atom. The van der Waals surface area contributed by atoms with Crippen molar-refractivity contribution in [1.82, 2.24) is 0 Å². The summed E-state index contributed by atoms with van der Waals surface area (Å²) < 4.78 is 18.2. The highest BCUT2D eigenvalue weighted by molar-refractivity contribution is 5.30. The van der Waals surface area contributed by atoms with Crippen LogP contribution in [0.1, 0.15) is 18.5 Å². The van der Waals surface area contributed by atoms with Crippen molar-refractivity contribution in [3.05, 3.63) is 29.6 Å². The van der Waals surface area contributed by atoms with Crippen LogP contribution in [-0.4, -0.2) is 18.3 Å². The molecule has 1 atom stereocenters. The smallest absolute Gasteiger partial charge is 0.165 e. The third-order valence-electron chi connectivity index (χ3n) is 1.83. The molecule has 0 heterocycles. The third kappa shape index (κ3) is 2.68. The summed E-state index contributed by atoms with van der Waals surface area (Å²) in [5.41, 5.74) is 6.31. The second-order valence-corrected chi connectivity index (χ2v) is 3.05. The summed E-state index contributed by atoms with van der Waals surface area (Å²) in [5, 5.41) is 8.49. The maximum Gasteiger partial charge on any atom is 0.165 e. The predicted molar refractivity (Wildman–Crippen MR) is 51.6 cm³/mol. The first-order valence-corrected chi connectivity index (χ1v) is 4.44. The molecule has 0 amide bonds. The van der Waals surface area contributed by atoms with Gasteiger partial charge < -0.3 is 15.6 Å². The summed E-state index contributed by atoms with van der Waals surface area (Å²) in [4.78, 5) is 0. The lowest BCUT2D eigenvalue weighted by molar-refractivity contribution is 0.196. The van der Waals surface area contributed by atoms with Crippen molar-refractivity contribution in [2.45, 2.75) is 13.0 Å². The molecule has 3 N–H and O–H groups in total. The fourth-order valence-electron chi connectivity index (χ4n) is 1.07. The quantitative estimate of drug-likeness (QED) is 0.766. The van der Waals surface area contributed by atoms with E-state index >= 15 is 0 Å². The van der Waals surface area contributed by atoms with E-state index in [-0.39, 0.29) is 25.0 Å². The number of aliphatic hydroxyl groups excluding tert-OH is 1. The van der Waals surface area contributed by atoms with Crippen LogP contribution in [0, 0.1) is 5.82 Å². The first-order valence-electron chi connectivity index (χ1n) is 4.44. The fraction of sp³-hybridized carbons (Fsp3) is 0.400. The first kappa shape index (κ1) is 10.9. The number of nitrogens with two attached hydrogens (primary N) is 1. The van der Waals surface area contributed by atoms with Gasteiger partial charge >= 0.3 is 0 Å². The standard InChI is InChI=1S/C10H14FNO2/c1-7(12)8-2-3-10(9(11)6-8)14-5-4-13/h2-3,6-7,13H,4-5,12H2,1H3/t7-/m0/s1. The molecule has 0 saturated carbocycles. The zero-order valence-corrected chi connectivity index (χ0v) is 8.03. The Labute approximate surface area is 82.3 Å². The Kier molecular flexibility index (Phi) is 3.85. The van der Waals surface area contributed by atoms with Crippen molar-refractivity contribution in [1.29, 1.82) is 0 Å². The Morgan fingerprint density at radius 1 is 1.57 bits per heavy atom. The molecular formula is C10H14FNO2. The Bertz CT molecular complexity index is 302. The summed E-state index contributed by atoms with van der Waals surface area (Å²) in [6.07, 6.45) is 0. The Balaban J connectivity index is 2.79. The van der Waals surface area contributed by atoms with Gasteiger partial charge in [0.15, 0.2) is 11.6 Å². The lowest BCUT2D eigenvalue weighted by Crippen LogP contribution is -2.07. The molecule has 4 heteroatoms. The van der Waals surface area contributed by atoms with Crippen LogP contribution in [0.5, 0.6) is 5.75 Å². The lowest BCUT2D eigenvalue weighted by atomic mass is 10.1. The van der Waals surface area contributed by atoms with Crippen molar-refractivity contribution < 1.29 is 14.2 Å². The minimum atomic E-state index is -0.451. The fourth-order valence-corrected chi connectivity index (χ4v) is 1.07. The SMILES string of the molecule is C[C@H](N)c1ccc(OCCO)c(F)c1. The molecule has 1 aromatic carbocycles. The van der Waals surface area contributed by atoms with E-state index in [2.05, 4.69) is 0 Å². The van der Waals surface area contributed by atoms with Crippen LogP contribution < -0.4 is 10.5 Å². The molecule has 0 saturated heterocycles. The number of ether oxygens (including phenoxy) is 1. The molecule has 1 aromatic rings. The number of halogens is 1. The average Bonchev–Trinajstić information content (AvgIpc) is 2.15. The van der Waals surface area contributed by atoms with E-state index < -0.39 is 5.82 Å². The predicted octanol–water partition coefficient (Wildman–Crippen LogP) is 1.22. The zero-order valence-electron chi connectivity index (χ0n) is 8.03. The first-order chi connectivity index (χ1) is 6.65. The van der Waals surface area contributed by atoms with Crippen molar-refractivity contribution >= 4 is 0 Å². The molecule has 0 radical (unpaired) electrons. The highest BCUT2D eigenvalue weighted by Gasteiger charge is 2.06. The topological polar surface area (TPSA) is 55.5 Å². The van der Waals surface area contributed by atoms with Crippen LogP contribution in [0.2, 0.25) is 0 Å². The van der Waals surface area contributed by atoms with E-state index in [1.54, 1.807) is 13.0 Å². The molecule has 0 unspecified atom stereocenters. The van der Waals surface area contributed by atoms with Gasteiger partial charge in [-0.05, 0) is 24.6 Å². The van der Waals surface area contributed by atoms with Gasteiger partial charge in [-0.1, -0.05) is 6.07 Å². The highest BCUT2D eigenvalue weighted by atomic mass is 19.1. The minimum Gasteiger partial charge on any atom is -0.488 e. The molecule has 14 heavy (non-hydrogen) atoms. The molecule has 0 aromatic heterocycles. The van der Waals surface area contributed by atoms with Crippen LogP contribution in [0.15, 0.2) is 18.2 Å². The zero-order chi connectivity index (χ0) is 10.6. The molecule has 0 bridgehead atoms. The van der Waals surface area contributed by atoms with E-state index in [9.17, 15) is 4.39 Å². The second-order valence-electron chi connectivity index (χ2n) is 3.05. The van der Waals surface area contributed by atoms with Crippen molar-refractivity contribution in [2.75, 3.05) is 13.2 Å². The molecule has 0 aliphatic carbocycles. The Hall–Kier alpha value is -1.13. The van der Waals surface area contributed by atoms with Crippen molar-refractivity contribution in [2.24, 2.45) is 5.73 Å². The van der Waals surface area contributed by atoms with Crippen LogP contribution in [-0.2, 0) is 0 Å². The number of aliphatic hydroxyl groups is 1. The van der Waals surface area contributed by atoms with Gasteiger partial charge in [0.1, 0.15) is 6.61 Å². The summed E-state index contributed by atoms with van der Waals surface area (Å²) in [6, 6.07) is 4.37. The van der Waals surface area contributed by atoms with E-state index in [1.165, 1.54) is 12.1 Å². The number of hydrogen-bond acceptors (Lipinski definition) is 3. The monoisotopic (exact) mass is 199 g/mol. The molecule has 1 rings (SSSR count). The maximum absolute atomic E-state index is 13.3. The van der Waals surface area contributed by atoms with Crippen LogP contribution in [0.3, 0.4) is 0 Å². The van der Waals surface area contributed by atoms with Crippen LogP contribution in [0.4, 0.5) is 4.39 Å². The van der Waals surface area contributed by atoms with Gasteiger partial charge in [-0.15, -0.1) is 0 Å². The molecule has 0 spiro atoms. The van der Waals surface area contributed by atoms with E-state index in [1.807, 2.05) is 0 Å². The van der Waals surface area contributed by atoms with E-state index in [0.29, 0.717) is 0 Å². The van der Waals surface area contributed by atoms with Gasteiger partial charge in [0, 0.05) is 6.04 Å². The second kappa shape index (κ2) is 4.93. The van der Waals surface area contributed by atoms with Gasteiger partial charge in [0.25, 0.3) is 0 Å². The Morgan fingerprint density at radius 2 is 2.29 bits per heavy atom. The third-order valence-corrected chi connectivity index (χ3v) is 1.83. The van der Waals surface area contributed by atoms with Gasteiger partial charge in [-0.25, -0.2) is 4.39 Å². The van der Waals surface area contributed by atoms with Crippen LogP contribution in [0.25, 0.3) is 0 Å². The summed E-state index contributed by atoms with van der Waals surface area (Å²) >= 11 is 0. The van der Waals surface area contributed by atoms with Gasteiger partial charge in [0.05, 0.1) is 6.61 Å². The van der Waals surface area contributed by atoms with Crippen molar-refractivity contribution in [3.63, 3.8) is 0 Å². The maximum atomic E-state index is 13.3. The van der Waals surface area contributed by atoms with E-state index in [4.69, 9.17) is 15.6 Å². The normalized spacial score (nSPS) is 12.6. The number of rotatable bonds is 4. The summed E-state index contributed by atoms with van der Waals surface area (Å²) in [7, 11) is 0. The average molecular weight is 199 g/mol. The van der Waals surface area contributed by atoms with Gasteiger partial charge in [0.2, 0.25) is 0 Å². The molecule has 0 aliphatic rings. The number of benzene rings is 1. The lowest BCUT2D eigenvalue weighted by Gasteiger charge is -2.09. The highest BCUT2D eigenvalue weighted by Crippen LogP contribution is 2.20. The largest absolute Gasteiger partial charge is 0.488 e. The molecule has 3 nitrogen and oxygen atoms in total. The molecular weight excluding hydrogens is 185 g/mol. The van der Waals surface area contributed by atoms with Gasteiger partial charge in [-0.2, -0.15) is 0 Å². The van der Waals surface area contributed by atoms with Gasteiger partial charge in [-0.3, -0.25) is 0 Å². The van der Waals surface area contributed by atoms with Crippen LogP contribution >= 0.6 is 0 Å². The summed E-state index contributed by atoms with van der Waals surface area (Å²) in [5.74, 6) is -0.309.